The van der Waals surface area contributed by atoms with Crippen molar-refractivity contribution in [3.8, 4) is 5.75 Å². The largest absolute Gasteiger partial charge is 0.573 e. The Hall–Kier alpha value is -1.67. The minimum Gasteiger partial charge on any atom is -0.406 e. The van der Waals surface area contributed by atoms with Crippen molar-refractivity contribution in [3.63, 3.8) is 0 Å². The zero-order valence-corrected chi connectivity index (χ0v) is 13.2. The van der Waals surface area contributed by atoms with Gasteiger partial charge in [-0.15, -0.1) is 13.2 Å². The molecular formula is C15H17BF3NO3. The Morgan fingerprint density at radius 2 is 1.70 bits per heavy atom. The third kappa shape index (κ3) is 2.93. The molecule has 2 aromatic rings. The van der Waals surface area contributed by atoms with E-state index >= 15 is 0 Å². The maximum absolute atomic E-state index is 12.5. The maximum atomic E-state index is 12.5. The molecule has 0 unspecified atom stereocenters. The number of hydrogen-bond donors (Lipinski definition) is 1. The zero-order chi connectivity index (χ0) is 17.0. The summed E-state index contributed by atoms with van der Waals surface area (Å²) in [4.78, 5) is 3.01. The number of aromatic amines is 1. The van der Waals surface area contributed by atoms with E-state index in [1.807, 2.05) is 27.7 Å². The van der Waals surface area contributed by atoms with Crippen LogP contribution in [0.2, 0.25) is 0 Å². The van der Waals surface area contributed by atoms with Crippen LogP contribution in [0.4, 0.5) is 13.2 Å². The summed E-state index contributed by atoms with van der Waals surface area (Å²) in [7, 11) is -0.780. The normalized spacial score (nSPS) is 20.2. The fraction of sp³-hybridized carbons (Fsp3) is 0.467. The van der Waals surface area contributed by atoms with E-state index in [0.717, 1.165) is 0 Å². The van der Waals surface area contributed by atoms with E-state index in [4.69, 9.17) is 9.31 Å². The zero-order valence-electron chi connectivity index (χ0n) is 13.2. The monoisotopic (exact) mass is 327 g/mol. The molecule has 3 rings (SSSR count). The smallest absolute Gasteiger partial charge is 0.406 e. The Morgan fingerprint density at radius 3 is 2.26 bits per heavy atom. The number of H-pyrrole nitrogens is 1. The minimum atomic E-state index is -4.75. The van der Waals surface area contributed by atoms with Gasteiger partial charge in [0.15, 0.2) is 0 Å². The number of ether oxygens (including phenoxy) is 1. The molecule has 0 aliphatic carbocycles. The topological polar surface area (TPSA) is 43.5 Å². The van der Waals surface area contributed by atoms with Crippen LogP contribution in [0.15, 0.2) is 24.4 Å². The van der Waals surface area contributed by atoms with Crippen molar-refractivity contribution in [1.82, 2.24) is 4.98 Å². The van der Waals surface area contributed by atoms with Crippen molar-refractivity contribution < 1.29 is 27.2 Å². The maximum Gasteiger partial charge on any atom is 0.573 e. The third-order valence-electron chi connectivity index (χ3n) is 4.40. The lowest BCUT2D eigenvalue weighted by Crippen LogP contribution is -2.41. The quantitative estimate of drug-likeness (QED) is 0.860. The number of aromatic nitrogens is 1. The highest BCUT2D eigenvalue weighted by Gasteiger charge is 2.52. The van der Waals surface area contributed by atoms with Gasteiger partial charge in [0.1, 0.15) is 5.75 Å². The van der Waals surface area contributed by atoms with Crippen LogP contribution in [0.5, 0.6) is 5.75 Å². The van der Waals surface area contributed by atoms with Crippen LogP contribution in [-0.2, 0) is 9.31 Å². The molecule has 23 heavy (non-hydrogen) atoms. The number of alkyl halides is 3. The molecule has 2 heterocycles. The molecule has 1 saturated heterocycles. The second-order valence-electron chi connectivity index (χ2n) is 6.59. The molecule has 0 saturated carbocycles. The van der Waals surface area contributed by atoms with E-state index in [1.54, 1.807) is 12.3 Å². The van der Waals surface area contributed by atoms with Crippen LogP contribution in [-0.4, -0.2) is 29.7 Å². The molecular weight excluding hydrogens is 310 g/mol. The van der Waals surface area contributed by atoms with Crippen molar-refractivity contribution >= 4 is 23.5 Å². The van der Waals surface area contributed by atoms with Gasteiger partial charge in [-0.1, -0.05) is 0 Å². The number of benzene rings is 1. The van der Waals surface area contributed by atoms with Gasteiger partial charge in [0.2, 0.25) is 0 Å². The Morgan fingerprint density at radius 1 is 1.09 bits per heavy atom. The highest BCUT2D eigenvalue weighted by molar-refractivity contribution is 6.65. The molecule has 0 amide bonds. The molecule has 0 spiro atoms. The van der Waals surface area contributed by atoms with Crippen molar-refractivity contribution in [2.24, 2.45) is 0 Å². The molecule has 0 radical (unpaired) electrons. The Bertz CT molecular complexity index is 723. The number of nitrogens with one attached hydrogen (secondary N) is 1. The summed E-state index contributed by atoms with van der Waals surface area (Å²) in [5.74, 6) is -0.297. The summed E-state index contributed by atoms with van der Waals surface area (Å²) in [6.07, 6.45) is -3.10. The van der Waals surface area contributed by atoms with Gasteiger partial charge in [-0.2, -0.15) is 0 Å². The lowest BCUT2D eigenvalue weighted by atomic mass is 9.77. The van der Waals surface area contributed by atoms with E-state index in [0.29, 0.717) is 16.4 Å². The first kappa shape index (κ1) is 16.2. The number of rotatable bonds is 2. The van der Waals surface area contributed by atoms with E-state index in [-0.39, 0.29) is 5.75 Å². The predicted octanol–water partition coefficient (Wildman–Crippen LogP) is 3.37. The van der Waals surface area contributed by atoms with Gasteiger partial charge in [-0.3, -0.25) is 0 Å². The first-order valence-corrected chi connectivity index (χ1v) is 7.21. The van der Waals surface area contributed by atoms with Gasteiger partial charge in [-0.25, -0.2) is 0 Å². The average molecular weight is 327 g/mol. The molecule has 124 valence electrons. The minimum absolute atomic E-state index is 0.297. The van der Waals surface area contributed by atoms with Crippen molar-refractivity contribution in [2.75, 3.05) is 0 Å². The second kappa shape index (κ2) is 4.91. The first-order valence-electron chi connectivity index (χ1n) is 7.21. The van der Waals surface area contributed by atoms with E-state index in [2.05, 4.69) is 9.72 Å². The van der Waals surface area contributed by atoms with Crippen LogP contribution >= 0.6 is 0 Å². The Labute approximate surface area is 132 Å². The van der Waals surface area contributed by atoms with Gasteiger partial charge in [-0.05, 0) is 45.9 Å². The number of hydrogen-bond acceptors (Lipinski definition) is 3. The van der Waals surface area contributed by atoms with Crippen LogP contribution in [0.1, 0.15) is 27.7 Å². The van der Waals surface area contributed by atoms with Crippen LogP contribution in [0.25, 0.3) is 10.9 Å². The molecule has 0 bridgehead atoms. The number of halogens is 3. The summed E-state index contributed by atoms with van der Waals surface area (Å²) < 4.78 is 53.5. The van der Waals surface area contributed by atoms with Gasteiger partial charge in [0.25, 0.3) is 0 Å². The van der Waals surface area contributed by atoms with Crippen LogP contribution in [0.3, 0.4) is 0 Å². The van der Waals surface area contributed by atoms with Crippen molar-refractivity contribution in [3.05, 3.63) is 24.4 Å². The standard InChI is InChI=1S/C15H17BF3NO3/c1-13(2)14(3,4)23-16(22-13)11-8-10(21-15(17,18)19)7-9-5-6-20-12(9)11/h5-8,20H,1-4H3. The summed E-state index contributed by atoms with van der Waals surface area (Å²) in [6, 6.07) is 4.30. The summed E-state index contributed by atoms with van der Waals surface area (Å²) in [5, 5.41) is 0.594. The summed E-state index contributed by atoms with van der Waals surface area (Å²) in [6.45, 7) is 7.54. The Balaban J connectivity index is 2.05. The van der Waals surface area contributed by atoms with Crippen molar-refractivity contribution in [2.45, 2.75) is 45.3 Å². The number of fused-ring (bicyclic) bond motifs is 1. The average Bonchev–Trinajstić information content (AvgIpc) is 2.89. The van der Waals surface area contributed by atoms with E-state index in [1.165, 1.54) is 12.1 Å². The van der Waals surface area contributed by atoms with E-state index < -0.39 is 24.7 Å². The fourth-order valence-electron chi connectivity index (χ4n) is 2.52. The molecule has 1 N–H and O–H groups in total. The molecule has 1 aromatic carbocycles. The fourth-order valence-corrected chi connectivity index (χ4v) is 2.52. The molecule has 4 nitrogen and oxygen atoms in total. The van der Waals surface area contributed by atoms with E-state index in [9.17, 15) is 13.2 Å². The highest BCUT2D eigenvalue weighted by atomic mass is 19.4. The Kier molecular flexibility index (Phi) is 3.46. The van der Waals surface area contributed by atoms with Gasteiger partial charge >= 0.3 is 13.5 Å². The van der Waals surface area contributed by atoms with Gasteiger partial charge in [0.05, 0.1) is 11.2 Å². The van der Waals surface area contributed by atoms with Crippen LogP contribution in [0, 0.1) is 0 Å². The lowest BCUT2D eigenvalue weighted by molar-refractivity contribution is -0.274. The second-order valence-corrected chi connectivity index (χ2v) is 6.59. The lowest BCUT2D eigenvalue weighted by Gasteiger charge is -2.32. The van der Waals surface area contributed by atoms with Crippen LogP contribution < -0.4 is 10.2 Å². The summed E-state index contributed by atoms with van der Waals surface area (Å²) in [5.41, 5.74) is -0.0296. The molecule has 0 atom stereocenters. The molecule has 1 aromatic heterocycles. The molecule has 1 aliphatic rings. The predicted molar refractivity (Wildman–Crippen MR) is 80.7 cm³/mol. The molecule has 8 heteroatoms. The summed E-state index contributed by atoms with van der Waals surface area (Å²) >= 11 is 0. The van der Waals surface area contributed by atoms with Gasteiger partial charge < -0.3 is 19.0 Å². The van der Waals surface area contributed by atoms with Gasteiger partial charge in [0, 0.05) is 22.6 Å². The molecule has 1 aliphatic heterocycles. The molecule has 1 fully saturated rings. The SMILES string of the molecule is CC1(C)OB(c2cc(OC(F)(F)F)cc3cc[nH]c23)OC1(C)C. The first-order chi connectivity index (χ1) is 10.5. The van der Waals surface area contributed by atoms with Crippen molar-refractivity contribution in [1.29, 1.82) is 0 Å². The highest BCUT2D eigenvalue weighted by Crippen LogP contribution is 2.37. The third-order valence-corrected chi connectivity index (χ3v) is 4.40.